The summed E-state index contributed by atoms with van der Waals surface area (Å²) in [7, 11) is 0. The van der Waals surface area contributed by atoms with E-state index in [1.165, 1.54) is 11.3 Å². The lowest BCUT2D eigenvalue weighted by molar-refractivity contribution is 0.233. The zero-order chi connectivity index (χ0) is 20.2. The SMILES string of the molecule is c1nnc(Nc2ccc3ncc(-c4cnn(CCCN5CCNCC5)c4)cc3n2)s1. The molecule has 9 nitrogen and oxygen atoms in total. The standard InChI is InChI=1S/C20H23N9S/c1(6-28-8-4-21-5-9-28)7-29-13-16(12-24-29)15-10-18-17(22-11-15)2-3-19(25-18)26-20-27-23-14-30-20/h2-3,10-14,21H,1,4-9H2,(H,25,26,27). The van der Waals surface area contributed by atoms with Crippen molar-refractivity contribution in [2.45, 2.75) is 13.0 Å². The molecule has 0 saturated carbocycles. The monoisotopic (exact) mass is 421 g/mol. The molecule has 30 heavy (non-hydrogen) atoms. The summed E-state index contributed by atoms with van der Waals surface area (Å²) in [6, 6.07) is 5.90. The van der Waals surface area contributed by atoms with E-state index in [2.05, 4.69) is 53.1 Å². The molecule has 0 unspecified atom stereocenters. The van der Waals surface area contributed by atoms with Crippen molar-refractivity contribution in [1.82, 2.24) is 40.2 Å². The zero-order valence-electron chi connectivity index (χ0n) is 16.5. The van der Waals surface area contributed by atoms with Gasteiger partial charge < -0.3 is 15.5 Å². The van der Waals surface area contributed by atoms with Crippen LogP contribution in [0.5, 0.6) is 0 Å². The first kappa shape index (κ1) is 19.0. The molecule has 1 fully saturated rings. The maximum atomic E-state index is 4.67. The van der Waals surface area contributed by atoms with Gasteiger partial charge in [0.25, 0.3) is 0 Å². The van der Waals surface area contributed by atoms with E-state index in [0.717, 1.165) is 73.7 Å². The van der Waals surface area contributed by atoms with Gasteiger partial charge in [0.05, 0.1) is 17.2 Å². The van der Waals surface area contributed by atoms with Crippen molar-refractivity contribution < 1.29 is 0 Å². The van der Waals surface area contributed by atoms with Crippen molar-refractivity contribution in [3.8, 4) is 11.1 Å². The van der Waals surface area contributed by atoms with Crippen LogP contribution >= 0.6 is 11.3 Å². The molecule has 1 aliphatic heterocycles. The van der Waals surface area contributed by atoms with Gasteiger partial charge in [-0.25, -0.2) is 4.98 Å². The number of rotatable bonds is 7. The highest BCUT2D eigenvalue weighted by atomic mass is 32.1. The fraction of sp³-hybridized carbons (Fsp3) is 0.350. The molecule has 0 atom stereocenters. The molecule has 1 aliphatic rings. The van der Waals surface area contributed by atoms with Gasteiger partial charge in [0.2, 0.25) is 5.13 Å². The first-order valence-electron chi connectivity index (χ1n) is 10.1. The lowest BCUT2D eigenvalue weighted by Crippen LogP contribution is -2.43. The number of pyridine rings is 2. The predicted molar refractivity (Wildman–Crippen MR) is 118 cm³/mol. The lowest BCUT2D eigenvalue weighted by atomic mass is 10.1. The van der Waals surface area contributed by atoms with Gasteiger partial charge in [-0.1, -0.05) is 11.3 Å². The van der Waals surface area contributed by atoms with E-state index in [1.807, 2.05) is 29.2 Å². The van der Waals surface area contributed by atoms with E-state index in [1.54, 1.807) is 5.51 Å². The highest BCUT2D eigenvalue weighted by Crippen LogP contribution is 2.24. The van der Waals surface area contributed by atoms with Crippen molar-refractivity contribution in [1.29, 1.82) is 0 Å². The Labute approximate surface area is 178 Å². The number of aryl methyl sites for hydroxylation is 1. The highest BCUT2D eigenvalue weighted by Gasteiger charge is 2.10. The van der Waals surface area contributed by atoms with E-state index < -0.39 is 0 Å². The first-order chi connectivity index (χ1) is 14.8. The number of piperazine rings is 1. The van der Waals surface area contributed by atoms with E-state index >= 15 is 0 Å². The summed E-state index contributed by atoms with van der Waals surface area (Å²) in [4.78, 5) is 11.7. The van der Waals surface area contributed by atoms with Crippen LogP contribution in [0.4, 0.5) is 10.9 Å². The second kappa shape index (κ2) is 8.82. The maximum Gasteiger partial charge on any atom is 0.210 e. The number of nitrogens with zero attached hydrogens (tertiary/aromatic N) is 7. The van der Waals surface area contributed by atoms with Crippen LogP contribution in [-0.4, -0.2) is 67.6 Å². The van der Waals surface area contributed by atoms with Gasteiger partial charge in [-0.05, 0) is 31.2 Å². The summed E-state index contributed by atoms with van der Waals surface area (Å²) in [5, 5.41) is 19.6. The fourth-order valence-electron chi connectivity index (χ4n) is 3.60. The van der Waals surface area contributed by atoms with Crippen molar-refractivity contribution in [3.05, 3.63) is 42.3 Å². The van der Waals surface area contributed by atoms with Gasteiger partial charge >= 0.3 is 0 Å². The molecule has 0 aliphatic carbocycles. The number of hydrogen-bond acceptors (Lipinski definition) is 9. The summed E-state index contributed by atoms with van der Waals surface area (Å²) in [5.41, 5.74) is 5.43. The Kier molecular flexibility index (Phi) is 5.60. The van der Waals surface area contributed by atoms with E-state index in [4.69, 9.17) is 0 Å². The Morgan fingerprint density at radius 1 is 1.07 bits per heavy atom. The Morgan fingerprint density at radius 3 is 2.87 bits per heavy atom. The minimum atomic E-state index is 0.716. The molecular weight excluding hydrogens is 398 g/mol. The topological polar surface area (TPSA) is 96.7 Å². The second-order valence-corrected chi connectivity index (χ2v) is 8.10. The van der Waals surface area contributed by atoms with Crippen LogP contribution in [0.3, 0.4) is 0 Å². The minimum Gasteiger partial charge on any atom is -0.315 e. The molecular formula is C20H23N9S. The second-order valence-electron chi connectivity index (χ2n) is 7.26. The predicted octanol–water partition coefficient (Wildman–Crippen LogP) is 2.38. The molecule has 0 amide bonds. The van der Waals surface area contributed by atoms with Gasteiger partial charge in [0, 0.05) is 56.2 Å². The van der Waals surface area contributed by atoms with Crippen molar-refractivity contribution in [2.75, 3.05) is 38.0 Å². The molecule has 5 rings (SSSR count). The Hall–Kier alpha value is -2.95. The Bertz CT molecular complexity index is 1100. The van der Waals surface area contributed by atoms with Crippen LogP contribution in [0.1, 0.15) is 6.42 Å². The van der Waals surface area contributed by atoms with Gasteiger partial charge in [0.1, 0.15) is 11.3 Å². The van der Waals surface area contributed by atoms with Crippen LogP contribution in [0.15, 0.2) is 42.3 Å². The van der Waals surface area contributed by atoms with Crippen molar-refractivity contribution >= 4 is 33.3 Å². The Balaban J connectivity index is 1.27. The zero-order valence-corrected chi connectivity index (χ0v) is 17.3. The molecule has 0 bridgehead atoms. The number of fused-ring (bicyclic) bond motifs is 1. The summed E-state index contributed by atoms with van der Waals surface area (Å²) in [6.45, 7) is 6.48. The van der Waals surface area contributed by atoms with Gasteiger partial charge in [-0.2, -0.15) is 5.10 Å². The van der Waals surface area contributed by atoms with Crippen LogP contribution in [0, 0.1) is 0 Å². The van der Waals surface area contributed by atoms with E-state index in [-0.39, 0.29) is 0 Å². The highest BCUT2D eigenvalue weighted by molar-refractivity contribution is 7.13. The third-order valence-corrected chi connectivity index (χ3v) is 5.78. The van der Waals surface area contributed by atoms with Gasteiger partial charge in [-0.15, -0.1) is 10.2 Å². The van der Waals surface area contributed by atoms with Crippen molar-refractivity contribution in [2.24, 2.45) is 0 Å². The largest absolute Gasteiger partial charge is 0.315 e. The number of nitrogens with one attached hydrogen (secondary N) is 2. The number of hydrogen-bond donors (Lipinski definition) is 2. The van der Waals surface area contributed by atoms with Crippen LogP contribution in [-0.2, 0) is 6.54 Å². The van der Waals surface area contributed by atoms with Gasteiger partial charge in [-0.3, -0.25) is 9.67 Å². The number of aromatic nitrogens is 6. The average Bonchev–Trinajstić information content (AvgIpc) is 3.46. The quantitative estimate of drug-likeness (QED) is 0.470. The smallest absolute Gasteiger partial charge is 0.210 e. The summed E-state index contributed by atoms with van der Waals surface area (Å²) in [5.74, 6) is 0.724. The minimum absolute atomic E-state index is 0.716. The lowest BCUT2D eigenvalue weighted by Gasteiger charge is -2.26. The third kappa shape index (κ3) is 4.45. The molecule has 2 N–H and O–H groups in total. The van der Waals surface area contributed by atoms with Crippen LogP contribution in [0.25, 0.3) is 22.2 Å². The molecule has 5 heterocycles. The van der Waals surface area contributed by atoms with Gasteiger partial charge in [0.15, 0.2) is 0 Å². The number of anilines is 2. The first-order valence-corrected chi connectivity index (χ1v) is 11.0. The Morgan fingerprint density at radius 2 is 2.00 bits per heavy atom. The van der Waals surface area contributed by atoms with Crippen LogP contribution < -0.4 is 10.6 Å². The van der Waals surface area contributed by atoms with Crippen LogP contribution in [0.2, 0.25) is 0 Å². The molecule has 0 spiro atoms. The summed E-state index contributed by atoms with van der Waals surface area (Å²) in [6.07, 6.45) is 6.96. The molecule has 154 valence electrons. The molecule has 0 aromatic carbocycles. The summed E-state index contributed by atoms with van der Waals surface area (Å²) < 4.78 is 2.02. The van der Waals surface area contributed by atoms with E-state index in [9.17, 15) is 0 Å². The summed E-state index contributed by atoms with van der Waals surface area (Å²) >= 11 is 1.44. The molecule has 1 saturated heterocycles. The normalized spacial score (nSPS) is 14.9. The fourth-order valence-corrected chi connectivity index (χ4v) is 4.05. The van der Waals surface area contributed by atoms with E-state index in [0.29, 0.717) is 5.13 Å². The average molecular weight is 422 g/mol. The third-order valence-electron chi connectivity index (χ3n) is 5.17. The molecule has 0 radical (unpaired) electrons. The maximum absolute atomic E-state index is 4.67. The molecule has 4 aromatic heterocycles. The molecule has 4 aromatic rings. The molecule has 10 heteroatoms. The van der Waals surface area contributed by atoms with Crippen molar-refractivity contribution in [3.63, 3.8) is 0 Å².